The summed E-state index contributed by atoms with van der Waals surface area (Å²) in [5, 5.41) is 0. The van der Waals surface area contributed by atoms with Crippen LogP contribution in [0, 0.1) is 5.92 Å². The zero-order chi connectivity index (χ0) is 18.2. The largest absolute Gasteiger partial charge is 0.441 e. The number of likely N-dealkylation sites (tertiary alicyclic amines) is 1. The van der Waals surface area contributed by atoms with Crippen molar-refractivity contribution < 1.29 is 9.21 Å². The van der Waals surface area contributed by atoms with Crippen molar-refractivity contribution in [2.75, 3.05) is 6.54 Å². The summed E-state index contributed by atoms with van der Waals surface area (Å²) in [6.07, 6.45) is 6.52. The van der Waals surface area contributed by atoms with Gasteiger partial charge in [-0.05, 0) is 55.4 Å². The molecule has 2 atom stereocenters. The van der Waals surface area contributed by atoms with Crippen LogP contribution in [0.3, 0.4) is 0 Å². The molecule has 1 saturated heterocycles. The van der Waals surface area contributed by atoms with Crippen molar-refractivity contribution in [3.8, 4) is 0 Å². The van der Waals surface area contributed by atoms with E-state index < -0.39 is 0 Å². The number of aromatic nitrogens is 1. The molecule has 1 aliphatic carbocycles. The van der Waals surface area contributed by atoms with Crippen molar-refractivity contribution in [3.63, 3.8) is 0 Å². The van der Waals surface area contributed by atoms with Crippen molar-refractivity contribution in [1.29, 1.82) is 0 Å². The molecule has 138 valence electrons. The molecular weight excluding hydrogens is 336 g/mol. The van der Waals surface area contributed by atoms with Gasteiger partial charge in [-0.2, -0.15) is 0 Å². The van der Waals surface area contributed by atoms with Gasteiger partial charge in [0.1, 0.15) is 5.52 Å². The number of benzene rings is 2. The molecule has 1 aromatic heterocycles. The van der Waals surface area contributed by atoms with Crippen LogP contribution in [-0.4, -0.2) is 28.4 Å². The monoisotopic (exact) mass is 360 g/mol. The van der Waals surface area contributed by atoms with Gasteiger partial charge in [-0.3, -0.25) is 4.79 Å². The van der Waals surface area contributed by atoms with Crippen molar-refractivity contribution in [3.05, 3.63) is 65.5 Å². The fourth-order valence-electron chi connectivity index (χ4n) is 4.66. The van der Waals surface area contributed by atoms with E-state index in [1.807, 2.05) is 36.4 Å². The molecule has 2 aliphatic rings. The molecule has 1 saturated carbocycles. The Labute approximate surface area is 159 Å². The summed E-state index contributed by atoms with van der Waals surface area (Å²) in [4.78, 5) is 19.7. The van der Waals surface area contributed by atoms with Gasteiger partial charge in [-0.1, -0.05) is 36.8 Å². The number of hydrogen-bond donors (Lipinski definition) is 0. The lowest BCUT2D eigenvalue weighted by molar-refractivity contribution is 0.0733. The molecule has 5 rings (SSSR count). The van der Waals surface area contributed by atoms with E-state index >= 15 is 0 Å². The standard InChI is InChI=1S/C23H24N2O2/c26-23(25-15-17-7-4-8-19(25)13-17)18-10-11-21-20(14-18)24-22(27-21)12-9-16-5-2-1-3-6-16/h1-3,5-6,10-11,14,17,19H,4,7-9,12-13,15H2/t17-,19+/m1/s1. The van der Waals surface area contributed by atoms with E-state index in [1.54, 1.807) is 0 Å². The molecule has 2 fully saturated rings. The summed E-state index contributed by atoms with van der Waals surface area (Å²) in [7, 11) is 0. The number of oxazole rings is 1. The maximum Gasteiger partial charge on any atom is 0.254 e. The number of nitrogens with zero attached hydrogens (tertiary/aromatic N) is 2. The molecular formula is C23H24N2O2. The SMILES string of the molecule is O=C(c1ccc2oc(CCc3ccccc3)nc2c1)N1C[C@@H]2CCC[C@H]1C2. The van der Waals surface area contributed by atoms with Crippen LogP contribution < -0.4 is 0 Å². The van der Waals surface area contributed by atoms with Crippen molar-refractivity contribution >= 4 is 17.0 Å². The molecule has 2 heterocycles. The van der Waals surface area contributed by atoms with Gasteiger partial charge in [0.2, 0.25) is 0 Å². The Bertz CT molecular complexity index is 963. The van der Waals surface area contributed by atoms with E-state index in [-0.39, 0.29) is 5.91 Å². The van der Waals surface area contributed by atoms with Gasteiger partial charge < -0.3 is 9.32 Å². The highest BCUT2D eigenvalue weighted by Gasteiger charge is 2.38. The summed E-state index contributed by atoms with van der Waals surface area (Å²) < 4.78 is 5.88. The number of carbonyl (C=O) groups is 1. The zero-order valence-electron chi connectivity index (χ0n) is 15.4. The van der Waals surface area contributed by atoms with E-state index in [0.717, 1.165) is 48.4 Å². The van der Waals surface area contributed by atoms with Crippen LogP contribution in [0.2, 0.25) is 0 Å². The minimum atomic E-state index is 0.153. The van der Waals surface area contributed by atoms with Gasteiger partial charge in [0.15, 0.2) is 11.5 Å². The van der Waals surface area contributed by atoms with Gasteiger partial charge in [-0.25, -0.2) is 4.98 Å². The smallest absolute Gasteiger partial charge is 0.254 e. The van der Waals surface area contributed by atoms with Gasteiger partial charge in [0.05, 0.1) is 0 Å². The van der Waals surface area contributed by atoms with Crippen LogP contribution in [0.5, 0.6) is 0 Å². The van der Waals surface area contributed by atoms with E-state index in [1.165, 1.54) is 24.8 Å². The predicted molar refractivity (Wildman–Crippen MR) is 105 cm³/mol. The third-order valence-electron chi connectivity index (χ3n) is 6.06. The average molecular weight is 360 g/mol. The molecule has 2 bridgehead atoms. The molecule has 1 aliphatic heterocycles. The second-order valence-electron chi connectivity index (χ2n) is 7.92. The number of aryl methyl sites for hydroxylation is 2. The summed E-state index contributed by atoms with van der Waals surface area (Å²) in [6, 6.07) is 16.5. The number of carbonyl (C=O) groups excluding carboxylic acids is 1. The first-order valence-electron chi connectivity index (χ1n) is 10.0. The predicted octanol–water partition coefficient (Wildman–Crippen LogP) is 4.63. The Morgan fingerprint density at radius 3 is 2.85 bits per heavy atom. The first-order chi connectivity index (χ1) is 13.3. The Morgan fingerprint density at radius 2 is 2.00 bits per heavy atom. The average Bonchev–Trinajstić information content (AvgIpc) is 3.25. The minimum Gasteiger partial charge on any atom is -0.441 e. The van der Waals surface area contributed by atoms with Crippen LogP contribution >= 0.6 is 0 Å². The third kappa shape index (κ3) is 3.25. The van der Waals surface area contributed by atoms with Crippen molar-refractivity contribution in [2.24, 2.45) is 5.92 Å². The van der Waals surface area contributed by atoms with Gasteiger partial charge >= 0.3 is 0 Å². The van der Waals surface area contributed by atoms with E-state index in [4.69, 9.17) is 4.42 Å². The molecule has 3 aromatic rings. The molecule has 4 heteroatoms. The van der Waals surface area contributed by atoms with Crippen molar-refractivity contribution in [1.82, 2.24) is 9.88 Å². The summed E-state index contributed by atoms with van der Waals surface area (Å²) >= 11 is 0. The topological polar surface area (TPSA) is 46.3 Å². The second-order valence-corrected chi connectivity index (χ2v) is 7.92. The highest BCUT2D eigenvalue weighted by molar-refractivity contribution is 5.97. The first kappa shape index (κ1) is 16.5. The van der Waals surface area contributed by atoms with Gasteiger partial charge in [0, 0.05) is 24.6 Å². The third-order valence-corrected chi connectivity index (χ3v) is 6.06. The molecule has 0 N–H and O–H groups in total. The number of hydrogen-bond acceptors (Lipinski definition) is 3. The number of rotatable bonds is 4. The summed E-state index contributed by atoms with van der Waals surface area (Å²) in [6.45, 7) is 0.919. The number of amides is 1. The molecule has 2 aromatic carbocycles. The normalized spacial score (nSPS) is 21.7. The maximum atomic E-state index is 13.0. The zero-order valence-corrected chi connectivity index (χ0v) is 15.4. The van der Waals surface area contributed by atoms with Crippen LogP contribution in [0.15, 0.2) is 52.9 Å². The maximum absolute atomic E-state index is 13.0. The second kappa shape index (κ2) is 6.84. The first-order valence-corrected chi connectivity index (χ1v) is 10.0. The summed E-state index contributed by atoms with van der Waals surface area (Å²) in [5.74, 6) is 1.59. The lowest BCUT2D eigenvalue weighted by Gasteiger charge is -2.24. The fraction of sp³-hybridized carbons (Fsp3) is 0.391. The minimum absolute atomic E-state index is 0.153. The Morgan fingerprint density at radius 1 is 1.11 bits per heavy atom. The lowest BCUT2D eigenvalue weighted by Crippen LogP contribution is -2.35. The molecule has 27 heavy (non-hydrogen) atoms. The van der Waals surface area contributed by atoms with Gasteiger partial charge in [-0.15, -0.1) is 0 Å². The van der Waals surface area contributed by atoms with E-state index in [2.05, 4.69) is 22.0 Å². The lowest BCUT2D eigenvalue weighted by atomic mass is 9.90. The van der Waals surface area contributed by atoms with Crippen LogP contribution in [-0.2, 0) is 12.8 Å². The van der Waals surface area contributed by atoms with Crippen LogP contribution in [0.4, 0.5) is 0 Å². The Balaban J connectivity index is 1.33. The van der Waals surface area contributed by atoms with Gasteiger partial charge in [0.25, 0.3) is 5.91 Å². The quantitative estimate of drug-likeness (QED) is 0.681. The number of fused-ring (bicyclic) bond motifs is 3. The van der Waals surface area contributed by atoms with Crippen molar-refractivity contribution in [2.45, 2.75) is 44.6 Å². The van der Waals surface area contributed by atoms with Crippen LogP contribution in [0.1, 0.15) is 47.5 Å². The molecule has 0 radical (unpaired) electrons. The molecule has 0 spiro atoms. The Hall–Kier alpha value is -2.62. The fourth-order valence-corrected chi connectivity index (χ4v) is 4.66. The molecule has 4 nitrogen and oxygen atoms in total. The highest BCUT2D eigenvalue weighted by Crippen LogP contribution is 2.36. The molecule has 0 unspecified atom stereocenters. The Kier molecular flexibility index (Phi) is 4.19. The van der Waals surface area contributed by atoms with Crippen LogP contribution in [0.25, 0.3) is 11.1 Å². The highest BCUT2D eigenvalue weighted by atomic mass is 16.3. The van der Waals surface area contributed by atoms with E-state index in [9.17, 15) is 4.79 Å². The summed E-state index contributed by atoms with van der Waals surface area (Å²) in [5.41, 5.74) is 3.55. The molecule has 1 amide bonds. The van der Waals surface area contributed by atoms with E-state index in [0.29, 0.717) is 12.0 Å².